The van der Waals surface area contributed by atoms with Gasteiger partial charge in [-0.15, -0.1) is 0 Å². The number of hydrogen-bond donors (Lipinski definition) is 2. The van der Waals surface area contributed by atoms with Crippen LogP contribution in [-0.2, 0) is 10.0 Å². The summed E-state index contributed by atoms with van der Waals surface area (Å²) < 4.78 is 30.7. The van der Waals surface area contributed by atoms with E-state index in [4.69, 9.17) is 10.2 Å². The number of nitrogens with one attached hydrogen (secondary N) is 1. The van der Waals surface area contributed by atoms with Crippen molar-refractivity contribution in [1.29, 1.82) is 0 Å². The van der Waals surface area contributed by atoms with Crippen molar-refractivity contribution in [3.05, 3.63) is 17.4 Å². The zero-order valence-corrected chi connectivity index (χ0v) is 12.4. The van der Waals surface area contributed by atoms with Gasteiger partial charge in [-0.2, -0.15) is 0 Å². The lowest BCUT2D eigenvalue weighted by Crippen LogP contribution is -2.45. The van der Waals surface area contributed by atoms with Gasteiger partial charge in [-0.25, -0.2) is 13.1 Å². The van der Waals surface area contributed by atoms with Crippen molar-refractivity contribution < 1.29 is 17.6 Å². The number of carbonyl (C=O) groups excluding carboxylic acids is 1. The van der Waals surface area contributed by atoms with E-state index in [1.807, 2.05) is 0 Å². The molecule has 1 fully saturated rings. The van der Waals surface area contributed by atoms with Crippen LogP contribution in [0.3, 0.4) is 0 Å². The monoisotopic (exact) mass is 301 g/mol. The molecule has 112 valence electrons. The molecule has 0 radical (unpaired) electrons. The molecule has 1 aliphatic heterocycles. The summed E-state index contributed by atoms with van der Waals surface area (Å²) in [5.74, 6) is 0.0573. The fourth-order valence-corrected chi connectivity index (χ4v) is 2.97. The Morgan fingerprint density at radius 3 is 2.85 bits per heavy atom. The Morgan fingerprint density at radius 2 is 2.25 bits per heavy atom. The van der Waals surface area contributed by atoms with E-state index < -0.39 is 10.0 Å². The Hall–Kier alpha value is -1.38. The first-order chi connectivity index (χ1) is 9.35. The summed E-state index contributed by atoms with van der Waals surface area (Å²) in [4.78, 5) is 14.0. The van der Waals surface area contributed by atoms with Crippen LogP contribution in [0.1, 0.15) is 29.0 Å². The SMILES string of the molecule is CNS(=O)(=O)c1cc(C(=O)N2CCC[C@H](N)C2)c(C)o1. The van der Waals surface area contributed by atoms with Crippen LogP contribution in [0, 0.1) is 6.92 Å². The van der Waals surface area contributed by atoms with Crippen LogP contribution in [-0.4, -0.2) is 45.4 Å². The summed E-state index contributed by atoms with van der Waals surface area (Å²) in [5, 5.41) is -0.248. The van der Waals surface area contributed by atoms with Crippen LogP contribution in [0.5, 0.6) is 0 Å². The van der Waals surface area contributed by atoms with Gasteiger partial charge >= 0.3 is 0 Å². The number of carbonyl (C=O) groups is 1. The van der Waals surface area contributed by atoms with E-state index in [1.165, 1.54) is 13.1 Å². The minimum Gasteiger partial charge on any atom is -0.448 e. The fraction of sp³-hybridized carbons (Fsp3) is 0.583. The van der Waals surface area contributed by atoms with E-state index in [1.54, 1.807) is 11.8 Å². The Kier molecular flexibility index (Phi) is 4.17. The normalized spacial score (nSPS) is 20.1. The molecule has 0 aliphatic carbocycles. The third kappa shape index (κ3) is 2.87. The highest BCUT2D eigenvalue weighted by atomic mass is 32.2. The number of hydrogen-bond acceptors (Lipinski definition) is 5. The molecule has 1 atom stereocenters. The Labute approximate surface area is 118 Å². The number of rotatable bonds is 3. The van der Waals surface area contributed by atoms with Gasteiger partial charge in [0, 0.05) is 25.2 Å². The van der Waals surface area contributed by atoms with Crippen molar-refractivity contribution >= 4 is 15.9 Å². The molecule has 1 aromatic heterocycles. The summed E-state index contributed by atoms with van der Waals surface area (Å²) in [6, 6.07) is 1.24. The number of nitrogens with two attached hydrogens (primary N) is 1. The number of likely N-dealkylation sites (tertiary alicyclic amines) is 1. The Morgan fingerprint density at radius 1 is 1.55 bits per heavy atom. The van der Waals surface area contributed by atoms with Gasteiger partial charge in [-0.05, 0) is 26.8 Å². The van der Waals surface area contributed by atoms with Gasteiger partial charge in [0.25, 0.3) is 15.9 Å². The molecule has 2 rings (SSSR count). The predicted molar refractivity (Wildman–Crippen MR) is 72.8 cm³/mol. The van der Waals surface area contributed by atoms with Crippen molar-refractivity contribution in [3.8, 4) is 0 Å². The second-order valence-corrected chi connectivity index (χ2v) is 6.71. The Bertz CT molecular complexity index is 608. The zero-order chi connectivity index (χ0) is 14.9. The molecular formula is C12H19N3O4S. The molecule has 0 spiro atoms. The molecule has 2 heterocycles. The minimum atomic E-state index is -3.69. The van der Waals surface area contributed by atoms with Crippen molar-refractivity contribution in [2.24, 2.45) is 5.73 Å². The molecular weight excluding hydrogens is 282 g/mol. The smallest absolute Gasteiger partial charge is 0.273 e. The highest BCUT2D eigenvalue weighted by molar-refractivity contribution is 7.89. The van der Waals surface area contributed by atoms with E-state index in [0.29, 0.717) is 18.8 Å². The molecule has 1 aromatic rings. The van der Waals surface area contributed by atoms with Crippen LogP contribution in [0.15, 0.2) is 15.6 Å². The molecule has 1 saturated heterocycles. The summed E-state index contributed by atoms with van der Waals surface area (Å²) >= 11 is 0. The summed E-state index contributed by atoms with van der Waals surface area (Å²) in [7, 11) is -2.40. The summed E-state index contributed by atoms with van der Waals surface area (Å²) in [5.41, 5.74) is 6.12. The molecule has 20 heavy (non-hydrogen) atoms. The van der Waals surface area contributed by atoms with Gasteiger partial charge in [-0.3, -0.25) is 4.79 Å². The molecule has 0 bridgehead atoms. The van der Waals surface area contributed by atoms with Crippen LogP contribution in [0.2, 0.25) is 0 Å². The quantitative estimate of drug-likeness (QED) is 0.821. The average molecular weight is 301 g/mol. The molecule has 7 nitrogen and oxygen atoms in total. The lowest BCUT2D eigenvalue weighted by Gasteiger charge is -2.30. The van der Waals surface area contributed by atoms with Crippen LogP contribution < -0.4 is 10.5 Å². The van der Waals surface area contributed by atoms with E-state index >= 15 is 0 Å². The van der Waals surface area contributed by atoms with E-state index in [9.17, 15) is 13.2 Å². The fourth-order valence-electron chi connectivity index (χ4n) is 2.26. The molecule has 0 unspecified atom stereocenters. The van der Waals surface area contributed by atoms with Crippen LogP contribution in [0.4, 0.5) is 0 Å². The number of piperidine rings is 1. The number of sulfonamides is 1. The second kappa shape index (κ2) is 5.55. The third-order valence-electron chi connectivity index (χ3n) is 3.40. The maximum Gasteiger partial charge on any atom is 0.273 e. The van der Waals surface area contributed by atoms with Gasteiger partial charge in [0.2, 0.25) is 5.09 Å². The molecule has 0 aromatic carbocycles. The third-order valence-corrected chi connectivity index (χ3v) is 4.67. The van der Waals surface area contributed by atoms with Crippen molar-refractivity contribution in [2.75, 3.05) is 20.1 Å². The second-order valence-electron chi connectivity index (χ2n) is 4.90. The molecule has 1 amide bonds. The summed E-state index contributed by atoms with van der Waals surface area (Å²) in [6.45, 7) is 2.69. The van der Waals surface area contributed by atoms with Gasteiger partial charge in [0.1, 0.15) is 5.76 Å². The number of furan rings is 1. The lowest BCUT2D eigenvalue weighted by molar-refractivity contribution is 0.0707. The topological polar surface area (TPSA) is 106 Å². The molecule has 8 heteroatoms. The molecule has 3 N–H and O–H groups in total. The van der Waals surface area contributed by atoms with Crippen molar-refractivity contribution in [2.45, 2.75) is 30.9 Å². The van der Waals surface area contributed by atoms with Gasteiger partial charge in [0.15, 0.2) is 0 Å². The van der Waals surface area contributed by atoms with Gasteiger partial charge in [-0.1, -0.05) is 0 Å². The predicted octanol–water partition coefficient (Wildman–Crippen LogP) is 0.0594. The van der Waals surface area contributed by atoms with Crippen LogP contribution >= 0.6 is 0 Å². The van der Waals surface area contributed by atoms with Gasteiger partial charge < -0.3 is 15.1 Å². The maximum atomic E-state index is 12.4. The standard InChI is InChI=1S/C12H19N3O4S/c1-8-10(6-11(19-8)20(17,18)14-2)12(16)15-5-3-4-9(13)7-15/h6,9,14H,3-5,7,13H2,1-2H3/t9-/m0/s1. The van der Waals surface area contributed by atoms with Crippen molar-refractivity contribution in [3.63, 3.8) is 0 Å². The highest BCUT2D eigenvalue weighted by Gasteiger charge is 2.27. The first-order valence-corrected chi connectivity index (χ1v) is 7.92. The minimum absolute atomic E-state index is 0.0274. The molecule has 1 aliphatic rings. The number of amides is 1. The number of aryl methyl sites for hydroxylation is 1. The van der Waals surface area contributed by atoms with E-state index in [2.05, 4.69) is 4.72 Å². The largest absolute Gasteiger partial charge is 0.448 e. The number of nitrogens with zero attached hydrogens (tertiary/aromatic N) is 1. The van der Waals surface area contributed by atoms with Crippen molar-refractivity contribution in [1.82, 2.24) is 9.62 Å². The summed E-state index contributed by atoms with van der Waals surface area (Å²) in [6.07, 6.45) is 1.75. The molecule has 0 saturated carbocycles. The lowest BCUT2D eigenvalue weighted by atomic mass is 10.1. The first-order valence-electron chi connectivity index (χ1n) is 6.44. The van der Waals surface area contributed by atoms with E-state index in [0.717, 1.165) is 12.8 Å². The first kappa shape index (κ1) is 15.0. The highest BCUT2D eigenvalue weighted by Crippen LogP contribution is 2.21. The van der Waals surface area contributed by atoms with E-state index in [-0.39, 0.29) is 22.6 Å². The Balaban J connectivity index is 2.27. The zero-order valence-electron chi connectivity index (χ0n) is 11.5. The van der Waals surface area contributed by atoms with Gasteiger partial charge in [0.05, 0.1) is 5.56 Å². The maximum absolute atomic E-state index is 12.4. The van der Waals surface area contributed by atoms with Crippen LogP contribution in [0.25, 0.3) is 0 Å². The average Bonchev–Trinajstić information content (AvgIpc) is 2.81.